The molecule has 64 valence electrons. The maximum atomic E-state index is 2.24. The smallest absolute Gasteiger partial charge is 0.00204 e. The molecule has 0 nitrogen and oxygen atoms in total. The minimum absolute atomic E-state index is 1.39. The van der Waals surface area contributed by atoms with Gasteiger partial charge in [-0.3, -0.25) is 0 Å². The number of benzene rings is 2. The maximum Gasteiger partial charge on any atom is -0.00204 e. The standard InChI is InChI=1S/C14H8/c1-2-4-12-11(3-1)13-8-6-9-5-7-10(9)14(12)13/h1-8H. The van der Waals surface area contributed by atoms with Crippen molar-refractivity contribution >= 4 is 32.3 Å². The van der Waals surface area contributed by atoms with E-state index in [0.29, 0.717) is 0 Å². The molecule has 0 atom stereocenters. The van der Waals surface area contributed by atoms with Crippen LogP contribution in [0.3, 0.4) is 0 Å². The van der Waals surface area contributed by atoms with Crippen LogP contribution in [0.15, 0.2) is 48.5 Å². The second kappa shape index (κ2) is 1.98. The normalized spacial score (nSPS) is 12.3. The molecule has 0 heteroatoms. The Morgan fingerprint density at radius 2 is 1.14 bits per heavy atom. The Morgan fingerprint density at radius 3 is 1.93 bits per heavy atom. The fourth-order valence-corrected chi connectivity index (χ4v) is 2.43. The Labute approximate surface area is 81.4 Å². The predicted molar refractivity (Wildman–Crippen MR) is 61.3 cm³/mol. The lowest BCUT2D eigenvalue weighted by molar-refractivity contribution is 1.79. The number of hydrogen-bond acceptors (Lipinski definition) is 0. The Balaban J connectivity index is 2.36. The third-order valence-corrected chi connectivity index (χ3v) is 3.20. The fraction of sp³-hybridized carbons (Fsp3) is 0. The van der Waals surface area contributed by atoms with Crippen molar-refractivity contribution in [2.45, 2.75) is 0 Å². The molecule has 0 saturated carbocycles. The van der Waals surface area contributed by atoms with Crippen molar-refractivity contribution in [3.63, 3.8) is 0 Å². The van der Waals surface area contributed by atoms with E-state index in [1.165, 1.54) is 32.3 Å². The van der Waals surface area contributed by atoms with Gasteiger partial charge >= 0.3 is 0 Å². The van der Waals surface area contributed by atoms with E-state index in [1.54, 1.807) is 0 Å². The van der Waals surface area contributed by atoms with E-state index in [9.17, 15) is 0 Å². The van der Waals surface area contributed by atoms with E-state index in [1.807, 2.05) is 0 Å². The summed E-state index contributed by atoms with van der Waals surface area (Å²) in [5.41, 5.74) is 0. The molecule has 0 spiro atoms. The molecule has 0 saturated heterocycles. The molecule has 4 aromatic carbocycles. The molecule has 0 bridgehead atoms. The maximum absolute atomic E-state index is 2.24. The SMILES string of the molecule is c1ccc2c(c1)c1ccc3ccc3c21. The second-order valence-electron chi connectivity index (χ2n) is 3.87. The van der Waals surface area contributed by atoms with Gasteiger partial charge in [-0.25, -0.2) is 0 Å². The van der Waals surface area contributed by atoms with Crippen molar-refractivity contribution in [3.8, 4) is 0 Å². The van der Waals surface area contributed by atoms with E-state index >= 15 is 0 Å². The van der Waals surface area contributed by atoms with E-state index in [2.05, 4.69) is 48.5 Å². The molecule has 0 aliphatic rings. The van der Waals surface area contributed by atoms with Gasteiger partial charge in [0.1, 0.15) is 0 Å². The quantitative estimate of drug-likeness (QED) is 0.379. The van der Waals surface area contributed by atoms with Gasteiger partial charge in [-0.15, -0.1) is 0 Å². The van der Waals surface area contributed by atoms with Crippen LogP contribution < -0.4 is 0 Å². The number of rotatable bonds is 0. The Morgan fingerprint density at radius 1 is 0.500 bits per heavy atom. The highest BCUT2D eigenvalue weighted by molar-refractivity contribution is 6.33. The van der Waals surface area contributed by atoms with Crippen molar-refractivity contribution in [1.82, 2.24) is 0 Å². The molecular formula is C14H8. The molecule has 0 heterocycles. The summed E-state index contributed by atoms with van der Waals surface area (Å²) in [6.45, 7) is 0. The molecule has 0 amide bonds. The minimum Gasteiger partial charge on any atom is -0.0616 e. The summed E-state index contributed by atoms with van der Waals surface area (Å²) in [5, 5.41) is 8.53. The van der Waals surface area contributed by atoms with Crippen molar-refractivity contribution in [2.24, 2.45) is 0 Å². The van der Waals surface area contributed by atoms with Crippen molar-refractivity contribution in [3.05, 3.63) is 48.5 Å². The van der Waals surface area contributed by atoms with Gasteiger partial charge in [0, 0.05) is 0 Å². The van der Waals surface area contributed by atoms with E-state index in [4.69, 9.17) is 0 Å². The second-order valence-corrected chi connectivity index (χ2v) is 3.87. The molecule has 0 fully saturated rings. The number of hydrogen-bond donors (Lipinski definition) is 0. The zero-order valence-corrected chi connectivity index (χ0v) is 7.62. The van der Waals surface area contributed by atoms with Gasteiger partial charge in [0.2, 0.25) is 0 Å². The largest absolute Gasteiger partial charge is 0.0616 e. The van der Waals surface area contributed by atoms with Crippen molar-refractivity contribution in [2.75, 3.05) is 0 Å². The highest BCUT2D eigenvalue weighted by atomic mass is 14.1. The highest BCUT2D eigenvalue weighted by Gasteiger charge is 2.12. The molecule has 4 aromatic rings. The van der Waals surface area contributed by atoms with Crippen LogP contribution in [0, 0.1) is 0 Å². The molecular weight excluding hydrogens is 168 g/mol. The zero-order valence-electron chi connectivity index (χ0n) is 7.62. The monoisotopic (exact) mass is 176 g/mol. The van der Waals surface area contributed by atoms with Gasteiger partial charge < -0.3 is 0 Å². The zero-order chi connectivity index (χ0) is 9.12. The van der Waals surface area contributed by atoms with Gasteiger partial charge in [-0.05, 0) is 32.3 Å². The lowest BCUT2D eigenvalue weighted by Crippen LogP contribution is -1.87. The summed E-state index contributed by atoms with van der Waals surface area (Å²) >= 11 is 0. The molecule has 0 radical (unpaired) electrons. The molecule has 0 aromatic heterocycles. The molecule has 0 aliphatic heterocycles. The Bertz CT molecular complexity index is 707. The third-order valence-electron chi connectivity index (χ3n) is 3.20. The molecule has 0 unspecified atom stereocenters. The van der Waals surface area contributed by atoms with Crippen LogP contribution in [0.2, 0.25) is 0 Å². The van der Waals surface area contributed by atoms with Crippen LogP contribution in [-0.2, 0) is 0 Å². The first-order chi connectivity index (χ1) is 6.95. The van der Waals surface area contributed by atoms with Crippen LogP contribution in [0.4, 0.5) is 0 Å². The first-order valence-electron chi connectivity index (χ1n) is 4.90. The van der Waals surface area contributed by atoms with Crippen LogP contribution in [-0.4, -0.2) is 0 Å². The summed E-state index contributed by atoms with van der Waals surface area (Å²) in [5.74, 6) is 0. The van der Waals surface area contributed by atoms with Gasteiger partial charge in [0.05, 0.1) is 0 Å². The van der Waals surface area contributed by atoms with Crippen molar-refractivity contribution in [1.29, 1.82) is 0 Å². The van der Waals surface area contributed by atoms with Crippen molar-refractivity contribution < 1.29 is 0 Å². The lowest BCUT2D eigenvalue weighted by atomic mass is 9.88. The van der Waals surface area contributed by atoms with E-state index in [-0.39, 0.29) is 0 Å². The summed E-state index contributed by atoms with van der Waals surface area (Å²) in [6, 6.07) is 17.5. The lowest BCUT2D eigenvalue weighted by Gasteiger charge is -2.15. The number of fused-ring (bicyclic) bond motifs is 6. The summed E-state index contributed by atoms with van der Waals surface area (Å²) in [7, 11) is 0. The van der Waals surface area contributed by atoms with Gasteiger partial charge in [0.15, 0.2) is 0 Å². The van der Waals surface area contributed by atoms with Crippen LogP contribution in [0.25, 0.3) is 32.3 Å². The summed E-state index contributed by atoms with van der Waals surface area (Å²) in [6.07, 6.45) is 0. The highest BCUT2D eigenvalue weighted by Crippen LogP contribution is 2.40. The Kier molecular flexibility index (Phi) is 0.935. The fourth-order valence-electron chi connectivity index (χ4n) is 2.43. The first-order valence-corrected chi connectivity index (χ1v) is 4.90. The first kappa shape index (κ1) is 6.61. The van der Waals surface area contributed by atoms with Gasteiger partial charge in [0.25, 0.3) is 0 Å². The average Bonchev–Trinajstić information content (AvgIpc) is 2.18. The van der Waals surface area contributed by atoms with Crippen LogP contribution >= 0.6 is 0 Å². The molecule has 14 heavy (non-hydrogen) atoms. The van der Waals surface area contributed by atoms with E-state index < -0.39 is 0 Å². The van der Waals surface area contributed by atoms with Gasteiger partial charge in [-0.1, -0.05) is 48.5 Å². The summed E-state index contributed by atoms with van der Waals surface area (Å²) in [4.78, 5) is 0. The third kappa shape index (κ3) is 0.559. The molecule has 4 rings (SSSR count). The van der Waals surface area contributed by atoms with Crippen LogP contribution in [0.5, 0.6) is 0 Å². The average molecular weight is 176 g/mol. The Hall–Kier alpha value is -1.82. The predicted octanol–water partition coefficient (Wildman–Crippen LogP) is 4.02. The van der Waals surface area contributed by atoms with Crippen LogP contribution in [0.1, 0.15) is 0 Å². The topological polar surface area (TPSA) is 0 Å². The summed E-state index contributed by atoms with van der Waals surface area (Å²) < 4.78 is 0. The molecule has 0 aliphatic carbocycles. The van der Waals surface area contributed by atoms with E-state index in [0.717, 1.165) is 0 Å². The minimum atomic E-state index is 1.39. The van der Waals surface area contributed by atoms with Gasteiger partial charge in [-0.2, -0.15) is 0 Å². The molecule has 0 N–H and O–H groups in total.